The molecule has 1 fully saturated rings. The van der Waals surface area contributed by atoms with E-state index in [1.54, 1.807) is 5.06 Å². The quantitative estimate of drug-likeness (QED) is 0.740. The van der Waals surface area contributed by atoms with E-state index in [1.165, 1.54) is 5.56 Å². The van der Waals surface area contributed by atoms with Crippen molar-refractivity contribution in [1.82, 2.24) is 5.06 Å². The Labute approximate surface area is 126 Å². The fraction of sp³-hybridized carbons (Fsp3) is 0.562. The standard InChI is InChI=1S/C15H23NO.CH3NO2/c1-14(2)10-13(11-15(3,4)16(14)17)12-8-6-5-7-9-12;2-1(3)4/h5-9,13,17H,10-11H2,1-4H3;2H2,(H,3,4). The first-order valence-electron chi connectivity index (χ1n) is 7.09. The van der Waals surface area contributed by atoms with Crippen molar-refractivity contribution in [2.45, 2.75) is 57.5 Å². The minimum absolute atomic E-state index is 0.164. The smallest absolute Gasteiger partial charge is 0.402 e. The normalized spacial score (nSPS) is 21.2. The summed E-state index contributed by atoms with van der Waals surface area (Å²) in [6, 6.07) is 10.6. The van der Waals surface area contributed by atoms with Crippen molar-refractivity contribution in [3.8, 4) is 0 Å². The molecule has 0 unspecified atom stereocenters. The van der Waals surface area contributed by atoms with Gasteiger partial charge in [0.1, 0.15) is 0 Å². The number of benzene rings is 1. The minimum atomic E-state index is -1.33. The highest BCUT2D eigenvalue weighted by Gasteiger charge is 2.45. The second-order valence-corrected chi connectivity index (χ2v) is 6.79. The number of nitrogens with zero attached hydrogens (tertiary/aromatic N) is 1. The first kappa shape index (κ1) is 17.5. The molecule has 0 spiro atoms. The Morgan fingerprint density at radius 1 is 1.14 bits per heavy atom. The molecule has 118 valence electrons. The summed E-state index contributed by atoms with van der Waals surface area (Å²) in [5.74, 6) is 0.532. The van der Waals surface area contributed by atoms with Gasteiger partial charge in [-0.25, -0.2) is 4.79 Å². The van der Waals surface area contributed by atoms with Crippen molar-refractivity contribution in [2.24, 2.45) is 5.73 Å². The Kier molecular flexibility index (Phi) is 5.36. The van der Waals surface area contributed by atoms with Crippen LogP contribution in [0.2, 0.25) is 0 Å². The number of hydroxylamine groups is 2. The van der Waals surface area contributed by atoms with Crippen LogP contribution in [0.3, 0.4) is 0 Å². The zero-order valence-corrected chi connectivity index (χ0v) is 13.2. The number of carboxylic acid groups (broad SMARTS) is 1. The van der Waals surface area contributed by atoms with Gasteiger partial charge in [0.15, 0.2) is 0 Å². The molecule has 1 aliphatic rings. The zero-order chi connectivity index (χ0) is 16.3. The molecular formula is C16H26N2O3. The van der Waals surface area contributed by atoms with Gasteiger partial charge in [-0.2, -0.15) is 5.06 Å². The van der Waals surface area contributed by atoms with Crippen LogP contribution in [0.4, 0.5) is 4.79 Å². The van der Waals surface area contributed by atoms with E-state index in [9.17, 15) is 5.21 Å². The summed E-state index contributed by atoms with van der Waals surface area (Å²) < 4.78 is 0. The van der Waals surface area contributed by atoms with Crippen molar-refractivity contribution in [3.63, 3.8) is 0 Å². The molecule has 0 atom stereocenters. The monoisotopic (exact) mass is 294 g/mol. The maximum absolute atomic E-state index is 10.3. The van der Waals surface area contributed by atoms with E-state index < -0.39 is 6.09 Å². The highest BCUT2D eigenvalue weighted by Crippen LogP contribution is 2.44. The summed E-state index contributed by atoms with van der Waals surface area (Å²) in [6.07, 6.45) is 0.661. The summed E-state index contributed by atoms with van der Waals surface area (Å²) in [6.45, 7) is 8.46. The maximum Gasteiger partial charge on any atom is 0.402 e. The number of nitrogens with two attached hydrogens (primary N) is 1. The predicted molar refractivity (Wildman–Crippen MR) is 82.4 cm³/mol. The van der Waals surface area contributed by atoms with E-state index >= 15 is 0 Å². The topological polar surface area (TPSA) is 86.8 Å². The van der Waals surface area contributed by atoms with Crippen LogP contribution in [-0.2, 0) is 0 Å². The van der Waals surface area contributed by atoms with E-state index in [0.29, 0.717) is 5.92 Å². The molecule has 1 heterocycles. The van der Waals surface area contributed by atoms with Gasteiger partial charge in [-0.3, -0.25) is 0 Å². The van der Waals surface area contributed by atoms with Gasteiger partial charge in [-0.1, -0.05) is 30.3 Å². The third kappa shape index (κ3) is 4.72. The van der Waals surface area contributed by atoms with Gasteiger partial charge in [-0.15, -0.1) is 0 Å². The number of carbonyl (C=O) groups is 1. The molecule has 2 rings (SSSR count). The van der Waals surface area contributed by atoms with Gasteiger partial charge in [0, 0.05) is 11.1 Å². The number of rotatable bonds is 1. The third-order valence-corrected chi connectivity index (χ3v) is 3.91. The Bertz CT molecular complexity index is 450. The number of amides is 1. The van der Waals surface area contributed by atoms with Crippen LogP contribution in [0.25, 0.3) is 0 Å². The fourth-order valence-electron chi connectivity index (χ4n) is 3.23. The van der Waals surface area contributed by atoms with E-state index in [1.807, 2.05) is 0 Å². The highest BCUT2D eigenvalue weighted by atomic mass is 16.5. The largest absolute Gasteiger partial charge is 0.465 e. The van der Waals surface area contributed by atoms with E-state index in [-0.39, 0.29) is 11.1 Å². The summed E-state index contributed by atoms with van der Waals surface area (Å²) in [5.41, 5.74) is 5.09. The lowest BCUT2D eigenvalue weighted by atomic mass is 9.73. The molecule has 0 aliphatic carbocycles. The van der Waals surface area contributed by atoms with Crippen LogP contribution in [0.1, 0.15) is 52.0 Å². The van der Waals surface area contributed by atoms with Crippen LogP contribution in [0.15, 0.2) is 30.3 Å². The average molecular weight is 294 g/mol. The first-order chi connectivity index (χ1) is 9.56. The number of hydrogen-bond donors (Lipinski definition) is 3. The molecular weight excluding hydrogens is 268 g/mol. The Morgan fingerprint density at radius 3 is 1.90 bits per heavy atom. The molecule has 0 aromatic heterocycles. The Morgan fingerprint density at radius 2 is 1.52 bits per heavy atom. The molecule has 1 aliphatic heterocycles. The van der Waals surface area contributed by atoms with Gasteiger partial charge < -0.3 is 16.0 Å². The van der Waals surface area contributed by atoms with Crippen molar-refractivity contribution in [3.05, 3.63) is 35.9 Å². The number of piperidine rings is 1. The third-order valence-electron chi connectivity index (χ3n) is 3.91. The summed E-state index contributed by atoms with van der Waals surface area (Å²) in [4.78, 5) is 8.78. The zero-order valence-electron chi connectivity index (χ0n) is 13.2. The molecule has 4 N–H and O–H groups in total. The number of primary amides is 1. The van der Waals surface area contributed by atoms with Crippen molar-refractivity contribution >= 4 is 6.09 Å². The predicted octanol–water partition coefficient (Wildman–Crippen LogP) is 3.44. The van der Waals surface area contributed by atoms with E-state index in [4.69, 9.17) is 9.90 Å². The van der Waals surface area contributed by atoms with E-state index in [2.05, 4.69) is 63.8 Å². The van der Waals surface area contributed by atoms with Crippen molar-refractivity contribution in [2.75, 3.05) is 0 Å². The molecule has 1 aromatic rings. The molecule has 1 aromatic carbocycles. The van der Waals surface area contributed by atoms with Gasteiger partial charge in [0.05, 0.1) is 0 Å². The van der Waals surface area contributed by atoms with Crippen LogP contribution >= 0.6 is 0 Å². The van der Waals surface area contributed by atoms with Gasteiger partial charge >= 0.3 is 6.09 Å². The summed E-state index contributed by atoms with van der Waals surface area (Å²) in [5, 5.41) is 19.0. The summed E-state index contributed by atoms with van der Waals surface area (Å²) >= 11 is 0. The molecule has 0 saturated carbocycles. The highest BCUT2D eigenvalue weighted by molar-refractivity contribution is 5.61. The minimum Gasteiger partial charge on any atom is -0.465 e. The van der Waals surface area contributed by atoms with Crippen molar-refractivity contribution in [1.29, 1.82) is 0 Å². The van der Waals surface area contributed by atoms with Gasteiger partial charge in [-0.05, 0) is 52.0 Å². The van der Waals surface area contributed by atoms with Crippen LogP contribution in [-0.4, -0.2) is 32.5 Å². The van der Waals surface area contributed by atoms with Crippen LogP contribution in [0, 0.1) is 0 Å². The molecule has 5 heteroatoms. The fourth-order valence-corrected chi connectivity index (χ4v) is 3.23. The van der Waals surface area contributed by atoms with Crippen LogP contribution in [0.5, 0.6) is 0 Å². The van der Waals surface area contributed by atoms with E-state index in [0.717, 1.165) is 12.8 Å². The second-order valence-electron chi connectivity index (χ2n) is 6.79. The SMILES string of the molecule is CC1(C)CC(c2ccccc2)CC(C)(C)N1O.NC(=O)O. The molecule has 1 amide bonds. The molecule has 5 nitrogen and oxygen atoms in total. The lowest BCUT2D eigenvalue weighted by molar-refractivity contribution is -0.245. The first-order valence-corrected chi connectivity index (χ1v) is 7.09. The Balaban J connectivity index is 0.000000491. The Hall–Kier alpha value is -1.59. The lowest BCUT2D eigenvalue weighted by Crippen LogP contribution is -2.58. The maximum atomic E-state index is 10.3. The molecule has 1 saturated heterocycles. The van der Waals surface area contributed by atoms with Crippen LogP contribution < -0.4 is 5.73 Å². The molecule has 0 radical (unpaired) electrons. The van der Waals surface area contributed by atoms with Crippen molar-refractivity contribution < 1.29 is 15.1 Å². The lowest BCUT2D eigenvalue weighted by Gasteiger charge is -2.51. The average Bonchev–Trinajstić information content (AvgIpc) is 2.35. The van der Waals surface area contributed by atoms with Gasteiger partial charge in [0.2, 0.25) is 0 Å². The van der Waals surface area contributed by atoms with Gasteiger partial charge in [0.25, 0.3) is 0 Å². The second kappa shape index (κ2) is 6.45. The summed E-state index contributed by atoms with van der Waals surface area (Å²) in [7, 11) is 0. The molecule has 21 heavy (non-hydrogen) atoms. The molecule has 0 bridgehead atoms. The number of hydrogen-bond acceptors (Lipinski definition) is 3.